The summed E-state index contributed by atoms with van der Waals surface area (Å²) in [7, 11) is 0. The highest BCUT2D eigenvalue weighted by atomic mass is 32.2. The molecule has 0 aliphatic carbocycles. The molecule has 0 N–H and O–H groups in total. The van der Waals surface area contributed by atoms with Gasteiger partial charge in [-0.2, -0.15) is 0 Å². The van der Waals surface area contributed by atoms with Gasteiger partial charge >= 0.3 is 0 Å². The molecule has 8 heavy (non-hydrogen) atoms. The van der Waals surface area contributed by atoms with Crippen LogP contribution >= 0.6 is 11.8 Å². The van der Waals surface area contributed by atoms with E-state index in [0.717, 1.165) is 5.75 Å². The highest BCUT2D eigenvalue weighted by Crippen LogP contribution is 2.08. The lowest BCUT2D eigenvalue weighted by Crippen LogP contribution is -1.91. The summed E-state index contributed by atoms with van der Waals surface area (Å²) in [5.74, 6) is 2.17. The molecule has 2 heteroatoms. The van der Waals surface area contributed by atoms with E-state index in [4.69, 9.17) is 0 Å². The fourth-order valence-corrected chi connectivity index (χ4v) is 0.738. The van der Waals surface area contributed by atoms with Crippen molar-refractivity contribution >= 4 is 16.9 Å². The molecular formula is C6H11OS. The zero-order valence-corrected chi connectivity index (χ0v) is 6.34. The zero-order chi connectivity index (χ0) is 6.57. The van der Waals surface area contributed by atoms with Crippen LogP contribution in [-0.4, -0.2) is 10.9 Å². The molecule has 0 aromatic heterocycles. The Hall–Kier alpha value is 0.0200. The SMILES string of the molecule is C[C](C)CSC(C)=O. The molecule has 0 aromatic rings. The standard InChI is InChI=1S/C6H11OS/c1-5(2)4-8-6(3)7/h4H2,1-3H3. The van der Waals surface area contributed by atoms with Gasteiger partial charge in [-0.15, -0.1) is 0 Å². The van der Waals surface area contributed by atoms with Crippen LogP contribution in [0, 0.1) is 5.92 Å². The van der Waals surface area contributed by atoms with Gasteiger partial charge in [0.15, 0.2) is 5.12 Å². The van der Waals surface area contributed by atoms with E-state index >= 15 is 0 Å². The van der Waals surface area contributed by atoms with Crippen LogP contribution in [0.1, 0.15) is 20.8 Å². The van der Waals surface area contributed by atoms with Crippen molar-refractivity contribution in [2.75, 3.05) is 5.75 Å². The number of hydrogen-bond donors (Lipinski definition) is 0. The molecule has 47 valence electrons. The van der Waals surface area contributed by atoms with E-state index in [-0.39, 0.29) is 5.12 Å². The van der Waals surface area contributed by atoms with E-state index in [0.29, 0.717) is 0 Å². The Morgan fingerprint density at radius 1 is 1.38 bits per heavy atom. The molecule has 0 rings (SSSR count). The van der Waals surface area contributed by atoms with Gasteiger partial charge in [-0.25, -0.2) is 0 Å². The van der Waals surface area contributed by atoms with Gasteiger partial charge in [-0.1, -0.05) is 25.6 Å². The second-order valence-electron chi connectivity index (χ2n) is 1.99. The van der Waals surface area contributed by atoms with Crippen molar-refractivity contribution in [2.45, 2.75) is 20.8 Å². The minimum Gasteiger partial charge on any atom is -0.288 e. The Kier molecular flexibility index (Phi) is 3.97. The van der Waals surface area contributed by atoms with Crippen molar-refractivity contribution in [1.82, 2.24) is 0 Å². The lowest BCUT2D eigenvalue weighted by Gasteiger charge is -1.97. The molecule has 0 atom stereocenters. The summed E-state index contributed by atoms with van der Waals surface area (Å²) >= 11 is 1.36. The number of hydrogen-bond acceptors (Lipinski definition) is 2. The van der Waals surface area contributed by atoms with E-state index in [1.165, 1.54) is 17.7 Å². The molecule has 0 unspecified atom stereocenters. The molecule has 0 saturated heterocycles. The van der Waals surface area contributed by atoms with Gasteiger partial charge in [0.25, 0.3) is 0 Å². The summed E-state index contributed by atoms with van der Waals surface area (Å²) < 4.78 is 0. The summed E-state index contributed by atoms with van der Waals surface area (Å²) in [5.41, 5.74) is 0. The maximum absolute atomic E-state index is 10.3. The van der Waals surface area contributed by atoms with Gasteiger partial charge in [0.05, 0.1) is 0 Å². The molecule has 0 aliphatic rings. The Bertz CT molecular complexity index is 78.6. The number of carbonyl (C=O) groups is 1. The smallest absolute Gasteiger partial charge is 0.185 e. The Morgan fingerprint density at radius 2 is 1.88 bits per heavy atom. The van der Waals surface area contributed by atoms with Crippen molar-refractivity contribution in [3.8, 4) is 0 Å². The Morgan fingerprint density at radius 3 is 2.00 bits per heavy atom. The molecule has 0 amide bonds. The topological polar surface area (TPSA) is 17.1 Å². The quantitative estimate of drug-likeness (QED) is 0.569. The summed E-state index contributed by atoms with van der Waals surface area (Å²) in [6.45, 7) is 5.64. The molecule has 0 aromatic carbocycles. The van der Waals surface area contributed by atoms with E-state index in [1.54, 1.807) is 6.92 Å². The van der Waals surface area contributed by atoms with Crippen LogP contribution in [-0.2, 0) is 4.79 Å². The fourth-order valence-electron chi connectivity index (χ4n) is 0.246. The van der Waals surface area contributed by atoms with E-state index in [1.807, 2.05) is 13.8 Å². The van der Waals surface area contributed by atoms with Crippen LogP contribution in [0.3, 0.4) is 0 Å². The van der Waals surface area contributed by atoms with Crippen LogP contribution in [0.15, 0.2) is 0 Å². The zero-order valence-electron chi connectivity index (χ0n) is 5.52. The molecule has 0 heterocycles. The second kappa shape index (κ2) is 3.96. The van der Waals surface area contributed by atoms with Crippen LogP contribution in [0.5, 0.6) is 0 Å². The molecule has 0 aliphatic heterocycles. The first-order valence-electron chi connectivity index (χ1n) is 2.55. The predicted octanol–water partition coefficient (Wildman–Crippen LogP) is 1.88. The van der Waals surface area contributed by atoms with Crippen molar-refractivity contribution in [1.29, 1.82) is 0 Å². The number of carbonyl (C=O) groups excluding carboxylic acids is 1. The first-order valence-corrected chi connectivity index (χ1v) is 3.54. The minimum absolute atomic E-state index is 0.200. The Balaban J connectivity index is 3.05. The van der Waals surface area contributed by atoms with Crippen LogP contribution < -0.4 is 0 Å². The van der Waals surface area contributed by atoms with Gasteiger partial charge in [0.1, 0.15) is 0 Å². The van der Waals surface area contributed by atoms with Gasteiger partial charge in [0.2, 0.25) is 0 Å². The average Bonchev–Trinajstić information content (AvgIpc) is 1.61. The van der Waals surface area contributed by atoms with Crippen molar-refractivity contribution in [2.24, 2.45) is 0 Å². The second-order valence-corrected chi connectivity index (χ2v) is 3.14. The van der Waals surface area contributed by atoms with Crippen molar-refractivity contribution in [3.63, 3.8) is 0 Å². The lowest BCUT2D eigenvalue weighted by molar-refractivity contribution is -0.109. The number of rotatable bonds is 2. The molecule has 0 spiro atoms. The third kappa shape index (κ3) is 6.02. The van der Waals surface area contributed by atoms with Crippen LogP contribution in [0.25, 0.3) is 0 Å². The summed E-state index contributed by atoms with van der Waals surface area (Å²) in [6, 6.07) is 0. The Labute approximate surface area is 54.8 Å². The van der Waals surface area contributed by atoms with E-state index in [2.05, 4.69) is 0 Å². The monoisotopic (exact) mass is 131 g/mol. The first-order chi connectivity index (χ1) is 3.63. The largest absolute Gasteiger partial charge is 0.288 e. The average molecular weight is 131 g/mol. The summed E-state index contributed by atoms with van der Waals surface area (Å²) in [4.78, 5) is 10.3. The van der Waals surface area contributed by atoms with Gasteiger partial charge in [0, 0.05) is 12.7 Å². The molecule has 0 saturated carbocycles. The fraction of sp³-hybridized carbons (Fsp3) is 0.667. The van der Waals surface area contributed by atoms with Gasteiger partial charge < -0.3 is 0 Å². The minimum atomic E-state index is 0.200. The predicted molar refractivity (Wildman–Crippen MR) is 37.7 cm³/mol. The lowest BCUT2D eigenvalue weighted by atomic mass is 10.3. The summed E-state index contributed by atoms with van der Waals surface area (Å²) in [5, 5.41) is 0.200. The van der Waals surface area contributed by atoms with Crippen LogP contribution in [0.2, 0.25) is 0 Å². The highest BCUT2D eigenvalue weighted by Gasteiger charge is 1.96. The normalized spacial score (nSPS) is 10.0. The highest BCUT2D eigenvalue weighted by molar-refractivity contribution is 8.13. The molecule has 0 fully saturated rings. The van der Waals surface area contributed by atoms with Gasteiger partial charge in [-0.05, 0) is 5.92 Å². The van der Waals surface area contributed by atoms with Crippen molar-refractivity contribution in [3.05, 3.63) is 5.92 Å². The molecule has 0 bridgehead atoms. The number of thioether (sulfide) groups is 1. The summed E-state index contributed by atoms with van der Waals surface area (Å²) in [6.07, 6.45) is 0. The van der Waals surface area contributed by atoms with Gasteiger partial charge in [-0.3, -0.25) is 4.79 Å². The van der Waals surface area contributed by atoms with E-state index in [9.17, 15) is 4.79 Å². The third-order valence-electron chi connectivity index (χ3n) is 0.564. The first kappa shape index (κ1) is 8.02. The van der Waals surface area contributed by atoms with Crippen LogP contribution in [0.4, 0.5) is 0 Å². The maximum atomic E-state index is 10.3. The van der Waals surface area contributed by atoms with E-state index < -0.39 is 0 Å². The third-order valence-corrected chi connectivity index (χ3v) is 1.69. The molecular weight excluding hydrogens is 120 g/mol. The molecule has 1 nitrogen and oxygen atoms in total. The maximum Gasteiger partial charge on any atom is 0.185 e. The van der Waals surface area contributed by atoms with Crippen molar-refractivity contribution < 1.29 is 4.79 Å². The molecule has 1 radical (unpaired) electrons.